The predicted molar refractivity (Wildman–Crippen MR) is 120 cm³/mol. The Kier molecular flexibility index (Phi) is 6.22. The van der Waals surface area contributed by atoms with Crippen molar-refractivity contribution >= 4 is 0 Å². The molecule has 1 heterocycles. The van der Waals surface area contributed by atoms with Crippen molar-refractivity contribution in [1.29, 1.82) is 0 Å². The van der Waals surface area contributed by atoms with Crippen LogP contribution >= 0.6 is 0 Å². The highest BCUT2D eigenvalue weighted by Gasteiger charge is 2.30. The van der Waals surface area contributed by atoms with E-state index in [1.165, 1.54) is 18.2 Å². The zero-order chi connectivity index (χ0) is 23.4. The summed E-state index contributed by atoms with van der Waals surface area (Å²) >= 11 is 0. The minimum absolute atomic E-state index is 0.192. The number of pyridine rings is 1. The van der Waals surface area contributed by atoms with Crippen LogP contribution < -0.4 is 14.9 Å². The van der Waals surface area contributed by atoms with Gasteiger partial charge in [-0.25, -0.2) is 0 Å². The van der Waals surface area contributed by atoms with Crippen LogP contribution in [-0.2, 0) is 12.7 Å². The summed E-state index contributed by atoms with van der Waals surface area (Å²) in [4.78, 5) is 12.4. The van der Waals surface area contributed by atoms with E-state index in [1.54, 1.807) is 48.3 Å². The van der Waals surface area contributed by atoms with Gasteiger partial charge in [0.1, 0.15) is 17.2 Å². The molecule has 0 atom stereocenters. The fourth-order valence-electron chi connectivity index (χ4n) is 3.41. The number of benzene rings is 3. The number of halogens is 3. The van der Waals surface area contributed by atoms with Crippen LogP contribution in [0.1, 0.15) is 11.1 Å². The molecule has 0 amide bonds. The number of ether oxygens (including phenoxy) is 2. The standard InChI is InChI=1S/C26H20F3NO3/c1-32-21-9-11-22(12-10-21)33-25-8-3-2-5-19(25)16-30-14-13-24(31)23(17-30)18-6-4-7-20(15-18)26(27,28)29/h2-15,17H,16H2,1H3. The largest absolute Gasteiger partial charge is 0.497 e. The number of nitrogens with zero attached hydrogens (tertiary/aromatic N) is 1. The second-order valence-electron chi connectivity index (χ2n) is 7.36. The van der Waals surface area contributed by atoms with Crippen molar-refractivity contribution in [2.75, 3.05) is 7.11 Å². The average Bonchev–Trinajstić information content (AvgIpc) is 2.81. The van der Waals surface area contributed by atoms with E-state index >= 15 is 0 Å². The highest BCUT2D eigenvalue weighted by atomic mass is 19.4. The van der Waals surface area contributed by atoms with Gasteiger partial charge < -0.3 is 14.0 Å². The van der Waals surface area contributed by atoms with Crippen LogP contribution in [-0.4, -0.2) is 11.7 Å². The quantitative estimate of drug-likeness (QED) is 0.341. The second-order valence-corrected chi connectivity index (χ2v) is 7.36. The Morgan fingerprint density at radius 3 is 2.33 bits per heavy atom. The summed E-state index contributed by atoms with van der Waals surface area (Å²) in [6, 6.07) is 20.7. The van der Waals surface area contributed by atoms with Gasteiger partial charge in [0.15, 0.2) is 5.43 Å². The lowest BCUT2D eigenvalue weighted by atomic mass is 10.0. The van der Waals surface area contributed by atoms with Crippen LogP contribution in [0.15, 0.2) is 96.1 Å². The minimum Gasteiger partial charge on any atom is -0.497 e. The molecule has 0 spiro atoms. The van der Waals surface area contributed by atoms with Gasteiger partial charge in [-0.2, -0.15) is 13.2 Å². The van der Waals surface area contributed by atoms with Crippen molar-refractivity contribution < 1.29 is 22.6 Å². The van der Waals surface area contributed by atoms with Crippen LogP contribution in [0.25, 0.3) is 11.1 Å². The summed E-state index contributed by atoms with van der Waals surface area (Å²) in [5.74, 6) is 1.97. The molecule has 168 valence electrons. The number of alkyl halides is 3. The molecule has 0 N–H and O–H groups in total. The van der Waals surface area contributed by atoms with Crippen molar-refractivity contribution in [2.45, 2.75) is 12.7 Å². The molecule has 0 saturated carbocycles. The van der Waals surface area contributed by atoms with E-state index < -0.39 is 11.7 Å². The lowest BCUT2D eigenvalue weighted by molar-refractivity contribution is -0.137. The van der Waals surface area contributed by atoms with Gasteiger partial charge in [0.25, 0.3) is 0 Å². The van der Waals surface area contributed by atoms with Gasteiger partial charge in [-0.3, -0.25) is 4.79 Å². The molecule has 4 nitrogen and oxygen atoms in total. The predicted octanol–water partition coefficient (Wildman–Crippen LogP) is 6.38. The molecule has 4 aromatic rings. The van der Waals surface area contributed by atoms with Gasteiger partial charge in [-0.15, -0.1) is 0 Å². The Bertz CT molecular complexity index is 1310. The normalized spacial score (nSPS) is 11.3. The number of hydrogen-bond acceptors (Lipinski definition) is 3. The Morgan fingerprint density at radius 2 is 1.61 bits per heavy atom. The Morgan fingerprint density at radius 1 is 0.879 bits per heavy atom. The van der Waals surface area contributed by atoms with Crippen molar-refractivity contribution in [1.82, 2.24) is 4.57 Å². The molecule has 33 heavy (non-hydrogen) atoms. The first kappa shape index (κ1) is 22.2. The van der Waals surface area contributed by atoms with Gasteiger partial charge in [0, 0.05) is 29.6 Å². The summed E-state index contributed by atoms with van der Waals surface area (Å²) in [5, 5.41) is 0. The zero-order valence-corrected chi connectivity index (χ0v) is 17.7. The lowest BCUT2D eigenvalue weighted by Gasteiger charge is -2.14. The van der Waals surface area contributed by atoms with E-state index in [2.05, 4.69) is 0 Å². The van der Waals surface area contributed by atoms with Gasteiger partial charge in [-0.1, -0.05) is 30.3 Å². The molecule has 0 aliphatic carbocycles. The van der Waals surface area contributed by atoms with E-state index in [1.807, 2.05) is 24.3 Å². The topological polar surface area (TPSA) is 40.5 Å². The van der Waals surface area contributed by atoms with Gasteiger partial charge >= 0.3 is 6.18 Å². The first-order valence-electron chi connectivity index (χ1n) is 10.1. The minimum atomic E-state index is -4.48. The molecule has 0 radical (unpaired) electrons. The molecular weight excluding hydrogens is 431 g/mol. The first-order valence-corrected chi connectivity index (χ1v) is 10.1. The lowest BCUT2D eigenvalue weighted by Crippen LogP contribution is -2.11. The van der Waals surface area contributed by atoms with Crippen molar-refractivity contribution in [2.24, 2.45) is 0 Å². The summed E-state index contributed by atoms with van der Waals surface area (Å²) in [6.45, 7) is 0.360. The molecule has 0 bridgehead atoms. The fourth-order valence-corrected chi connectivity index (χ4v) is 3.41. The molecule has 0 aliphatic heterocycles. The Hall–Kier alpha value is -4.00. The molecule has 3 aromatic carbocycles. The number of methoxy groups -OCH3 is 1. The van der Waals surface area contributed by atoms with Crippen molar-refractivity contribution in [3.8, 4) is 28.4 Å². The van der Waals surface area contributed by atoms with E-state index in [4.69, 9.17) is 9.47 Å². The smallest absolute Gasteiger partial charge is 0.416 e. The van der Waals surface area contributed by atoms with Crippen LogP contribution in [0.4, 0.5) is 13.2 Å². The molecule has 4 rings (SSSR count). The third-order valence-electron chi connectivity index (χ3n) is 5.09. The maximum atomic E-state index is 13.1. The van der Waals surface area contributed by atoms with Crippen molar-refractivity contribution in [3.63, 3.8) is 0 Å². The SMILES string of the molecule is COc1ccc(Oc2ccccc2Cn2ccc(=O)c(-c3cccc(C(F)(F)F)c3)c2)cc1. The highest BCUT2D eigenvalue weighted by molar-refractivity contribution is 5.63. The van der Waals surface area contributed by atoms with Crippen LogP contribution in [0.5, 0.6) is 17.2 Å². The van der Waals surface area contributed by atoms with E-state index in [9.17, 15) is 18.0 Å². The van der Waals surface area contributed by atoms with Crippen molar-refractivity contribution in [3.05, 3.63) is 113 Å². The fraction of sp³-hybridized carbons (Fsp3) is 0.115. The maximum Gasteiger partial charge on any atom is 0.416 e. The van der Waals surface area contributed by atoms with E-state index in [0.29, 0.717) is 23.8 Å². The monoisotopic (exact) mass is 451 g/mol. The summed E-state index contributed by atoms with van der Waals surface area (Å²) in [6.07, 6.45) is -1.33. The maximum absolute atomic E-state index is 13.1. The van der Waals surface area contributed by atoms with E-state index in [-0.39, 0.29) is 16.6 Å². The number of aromatic nitrogens is 1. The van der Waals surface area contributed by atoms with E-state index in [0.717, 1.165) is 17.7 Å². The second kappa shape index (κ2) is 9.24. The first-order chi connectivity index (χ1) is 15.8. The molecule has 0 fully saturated rings. The van der Waals surface area contributed by atoms with Crippen LogP contribution in [0.2, 0.25) is 0 Å². The number of hydrogen-bond donors (Lipinski definition) is 0. The molecule has 0 unspecified atom stereocenters. The van der Waals surface area contributed by atoms with Crippen LogP contribution in [0, 0.1) is 0 Å². The summed E-state index contributed by atoms with van der Waals surface area (Å²) in [7, 11) is 1.59. The van der Waals surface area contributed by atoms with Gasteiger partial charge in [0.05, 0.1) is 19.2 Å². The molecule has 0 aliphatic rings. The van der Waals surface area contributed by atoms with Crippen LogP contribution in [0.3, 0.4) is 0 Å². The average molecular weight is 451 g/mol. The van der Waals surface area contributed by atoms with Gasteiger partial charge in [0.2, 0.25) is 0 Å². The molecule has 7 heteroatoms. The zero-order valence-electron chi connectivity index (χ0n) is 17.7. The highest BCUT2D eigenvalue weighted by Crippen LogP contribution is 2.32. The molecule has 0 saturated heterocycles. The van der Waals surface area contributed by atoms with Gasteiger partial charge in [-0.05, 0) is 48.0 Å². The third kappa shape index (κ3) is 5.26. The third-order valence-corrected chi connectivity index (χ3v) is 5.09. The summed E-state index contributed by atoms with van der Waals surface area (Å²) in [5.41, 5.74) is 0.0949. The number of rotatable bonds is 6. The summed E-state index contributed by atoms with van der Waals surface area (Å²) < 4.78 is 52.3. The molecular formula is C26H20F3NO3. The number of para-hydroxylation sites is 1. The Balaban J connectivity index is 1.63. The molecule has 1 aromatic heterocycles. The Labute approximate surface area is 188 Å².